The molecule has 0 aromatic carbocycles. The van der Waals surface area contributed by atoms with Crippen LogP contribution in [0.5, 0.6) is 0 Å². The van der Waals surface area contributed by atoms with Gasteiger partial charge in [-0.2, -0.15) is 0 Å². The van der Waals surface area contributed by atoms with Crippen molar-refractivity contribution in [3.63, 3.8) is 0 Å². The third-order valence-corrected chi connectivity index (χ3v) is 4.28. The third kappa shape index (κ3) is 2.91. The first-order valence-corrected chi connectivity index (χ1v) is 7.21. The number of carbonyl (C=O) groups is 2. The highest BCUT2D eigenvalue weighted by atomic mass is 16.3. The Hall–Kier alpha value is -1.10. The summed E-state index contributed by atoms with van der Waals surface area (Å²) < 4.78 is 0. The number of carbonyl (C=O) groups excluding carboxylic acids is 2. The topological polar surface area (TPSA) is 69.6 Å². The van der Waals surface area contributed by atoms with Crippen LogP contribution in [0.2, 0.25) is 0 Å². The maximum atomic E-state index is 12.2. The average Bonchev–Trinajstić information content (AvgIpc) is 2.48. The number of nitrogens with zero attached hydrogens (tertiary/aromatic N) is 1. The summed E-state index contributed by atoms with van der Waals surface area (Å²) in [5.74, 6) is -0.143. The van der Waals surface area contributed by atoms with E-state index in [0.717, 1.165) is 38.5 Å². The largest absolute Gasteiger partial charge is 0.390 e. The van der Waals surface area contributed by atoms with Crippen molar-refractivity contribution in [3.05, 3.63) is 0 Å². The van der Waals surface area contributed by atoms with Crippen molar-refractivity contribution in [1.82, 2.24) is 10.2 Å². The minimum absolute atomic E-state index is 0.143. The van der Waals surface area contributed by atoms with Crippen LogP contribution in [0.4, 0.5) is 4.79 Å². The van der Waals surface area contributed by atoms with Crippen molar-refractivity contribution in [3.8, 4) is 0 Å². The number of aliphatic hydroxyl groups is 1. The molecule has 1 aliphatic heterocycles. The number of hydrogen-bond donors (Lipinski definition) is 2. The maximum absolute atomic E-state index is 12.2. The second kappa shape index (κ2) is 5.12. The zero-order chi connectivity index (χ0) is 14.1. The lowest BCUT2D eigenvalue weighted by molar-refractivity contribution is -0.127. The van der Waals surface area contributed by atoms with Gasteiger partial charge in [-0.3, -0.25) is 10.1 Å². The molecular formula is C14H24N2O3. The average molecular weight is 268 g/mol. The van der Waals surface area contributed by atoms with Crippen LogP contribution in [0.25, 0.3) is 0 Å². The zero-order valence-electron chi connectivity index (χ0n) is 11.9. The number of nitrogens with one attached hydrogen (secondary N) is 1. The molecule has 1 saturated heterocycles. The quantitative estimate of drug-likeness (QED) is 0.767. The van der Waals surface area contributed by atoms with E-state index in [0.29, 0.717) is 13.0 Å². The Labute approximate surface area is 114 Å². The first kappa shape index (κ1) is 14.3. The maximum Gasteiger partial charge on any atom is 0.325 e. The minimum Gasteiger partial charge on any atom is -0.390 e. The van der Waals surface area contributed by atoms with Crippen LogP contribution in [0.1, 0.15) is 58.8 Å². The summed E-state index contributed by atoms with van der Waals surface area (Å²) in [6.45, 7) is 3.88. The van der Waals surface area contributed by atoms with Crippen molar-refractivity contribution in [2.24, 2.45) is 0 Å². The molecule has 0 aromatic heterocycles. The van der Waals surface area contributed by atoms with Gasteiger partial charge in [0.05, 0.1) is 5.60 Å². The molecule has 1 spiro atoms. The molecule has 2 rings (SSSR count). The number of hydrogen-bond acceptors (Lipinski definition) is 3. The molecular weight excluding hydrogens is 244 g/mol. The molecule has 0 radical (unpaired) electrons. The molecule has 3 amide bonds. The standard InChI is InChI=1S/C14H24N2O3/c1-13(2,19)9-10-16-12(18)15-11(17)14(16)7-5-3-4-6-8-14/h19H,3-10H2,1-2H3,(H,15,17,18). The molecule has 0 aromatic rings. The number of rotatable bonds is 3. The summed E-state index contributed by atoms with van der Waals surface area (Å²) in [7, 11) is 0. The Morgan fingerprint density at radius 2 is 1.79 bits per heavy atom. The summed E-state index contributed by atoms with van der Waals surface area (Å²) in [5, 5.41) is 12.3. The first-order chi connectivity index (χ1) is 8.85. The first-order valence-electron chi connectivity index (χ1n) is 7.21. The predicted octanol–water partition coefficient (Wildman–Crippen LogP) is 1.79. The van der Waals surface area contributed by atoms with Crippen molar-refractivity contribution in [1.29, 1.82) is 0 Å². The van der Waals surface area contributed by atoms with Crippen LogP contribution in [-0.2, 0) is 4.79 Å². The van der Waals surface area contributed by atoms with Gasteiger partial charge >= 0.3 is 6.03 Å². The SMILES string of the molecule is CC(C)(O)CCN1C(=O)NC(=O)C12CCCCCC2. The molecule has 5 heteroatoms. The smallest absolute Gasteiger partial charge is 0.325 e. The summed E-state index contributed by atoms with van der Waals surface area (Å²) in [6.07, 6.45) is 6.20. The van der Waals surface area contributed by atoms with Crippen LogP contribution in [-0.4, -0.2) is 39.6 Å². The molecule has 0 bridgehead atoms. The van der Waals surface area contributed by atoms with Gasteiger partial charge in [-0.15, -0.1) is 0 Å². The number of imide groups is 1. The van der Waals surface area contributed by atoms with Crippen LogP contribution in [0, 0.1) is 0 Å². The van der Waals surface area contributed by atoms with Crippen LogP contribution in [0.3, 0.4) is 0 Å². The van der Waals surface area contributed by atoms with E-state index in [9.17, 15) is 14.7 Å². The predicted molar refractivity (Wildman–Crippen MR) is 71.6 cm³/mol. The minimum atomic E-state index is -0.822. The van der Waals surface area contributed by atoms with E-state index in [1.165, 1.54) is 0 Å². The lowest BCUT2D eigenvalue weighted by atomic mass is 9.88. The number of urea groups is 1. The molecule has 0 atom stereocenters. The summed E-state index contributed by atoms with van der Waals surface area (Å²) in [6, 6.07) is -0.295. The molecule has 1 saturated carbocycles. The Morgan fingerprint density at radius 1 is 1.21 bits per heavy atom. The van der Waals surface area contributed by atoms with Gasteiger partial charge in [0.15, 0.2) is 0 Å². The van der Waals surface area contributed by atoms with E-state index in [4.69, 9.17) is 0 Å². The van der Waals surface area contributed by atoms with Crippen molar-refractivity contribution in [2.75, 3.05) is 6.54 Å². The lowest BCUT2D eigenvalue weighted by Crippen LogP contribution is -2.50. The molecule has 108 valence electrons. The van der Waals surface area contributed by atoms with E-state index >= 15 is 0 Å². The van der Waals surface area contributed by atoms with E-state index in [1.54, 1.807) is 18.7 Å². The van der Waals surface area contributed by atoms with Gasteiger partial charge in [0.2, 0.25) is 0 Å². The lowest BCUT2D eigenvalue weighted by Gasteiger charge is -2.35. The van der Waals surface area contributed by atoms with Gasteiger partial charge in [-0.1, -0.05) is 25.7 Å². The van der Waals surface area contributed by atoms with Crippen LogP contribution >= 0.6 is 0 Å². The zero-order valence-corrected chi connectivity index (χ0v) is 11.9. The molecule has 0 unspecified atom stereocenters. The Morgan fingerprint density at radius 3 is 2.32 bits per heavy atom. The molecule has 1 aliphatic carbocycles. The van der Waals surface area contributed by atoms with E-state index < -0.39 is 11.1 Å². The summed E-state index contributed by atoms with van der Waals surface area (Å²) in [5.41, 5.74) is -1.48. The molecule has 2 fully saturated rings. The fraction of sp³-hybridized carbons (Fsp3) is 0.857. The normalized spacial score (nSPS) is 23.6. The monoisotopic (exact) mass is 268 g/mol. The highest BCUT2D eigenvalue weighted by Gasteiger charge is 2.52. The van der Waals surface area contributed by atoms with E-state index in [1.807, 2.05) is 0 Å². The highest BCUT2D eigenvalue weighted by molar-refractivity contribution is 6.07. The summed E-state index contributed by atoms with van der Waals surface area (Å²) in [4.78, 5) is 25.9. The second-order valence-electron chi connectivity index (χ2n) is 6.42. The third-order valence-electron chi connectivity index (χ3n) is 4.28. The number of amides is 3. The van der Waals surface area contributed by atoms with Crippen molar-refractivity contribution < 1.29 is 14.7 Å². The Kier molecular flexibility index (Phi) is 3.85. The Balaban J connectivity index is 2.17. The van der Waals surface area contributed by atoms with Gasteiger partial charge in [0, 0.05) is 6.54 Å². The molecule has 2 N–H and O–H groups in total. The van der Waals surface area contributed by atoms with Gasteiger partial charge in [-0.05, 0) is 33.1 Å². The van der Waals surface area contributed by atoms with E-state index in [-0.39, 0.29) is 11.9 Å². The fourth-order valence-electron chi connectivity index (χ4n) is 3.11. The van der Waals surface area contributed by atoms with Crippen LogP contribution < -0.4 is 5.32 Å². The molecule has 5 nitrogen and oxygen atoms in total. The molecule has 19 heavy (non-hydrogen) atoms. The molecule has 1 heterocycles. The van der Waals surface area contributed by atoms with Crippen molar-refractivity contribution >= 4 is 11.9 Å². The fourth-order valence-corrected chi connectivity index (χ4v) is 3.11. The summed E-state index contributed by atoms with van der Waals surface area (Å²) >= 11 is 0. The van der Waals surface area contributed by atoms with E-state index in [2.05, 4.69) is 5.32 Å². The van der Waals surface area contributed by atoms with Gasteiger partial charge < -0.3 is 10.0 Å². The molecule has 2 aliphatic rings. The Bertz CT molecular complexity index is 365. The van der Waals surface area contributed by atoms with Gasteiger partial charge in [-0.25, -0.2) is 4.79 Å². The second-order valence-corrected chi connectivity index (χ2v) is 6.42. The van der Waals surface area contributed by atoms with Crippen LogP contribution in [0.15, 0.2) is 0 Å². The van der Waals surface area contributed by atoms with Crippen molar-refractivity contribution in [2.45, 2.75) is 69.9 Å². The van der Waals surface area contributed by atoms with Gasteiger partial charge in [0.25, 0.3) is 5.91 Å². The highest BCUT2D eigenvalue weighted by Crippen LogP contribution is 2.36. The van der Waals surface area contributed by atoms with Gasteiger partial charge in [0.1, 0.15) is 5.54 Å².